The van der Waals surface area contributed by atoms with Crippen molar-refractivity contribution in [1.82, 2.24) is 0 Å². The molecule has 1 aromatic carbocycles. The van der Waals surface area contributed by atoms with Crippen LogP contribution in [0.15, 0.2) is 30.3 Å². The maximum absolute atomic E-state index is 9.90. The molecule has 0 aliphatic rings. The fraction of sp³-hybridized carbons (Fsp3) is 0.867. The Kier molecular flexibility index (Phi) is 27.6. The molecule has 1 rings (SSSR count). The summed E-state index contributed by atoms with van der Waals surface area (Å²) in [5.74, 6) is -15.2. The zero-order valence-corrected chi connectivity index (χ0v) is 40.2. The zero-order chi connectivity index (χ0) is 45.9. The van der Waals surface area contributed by atoms with E-state index in [0.717, 1.165) is 0 Å². The zero-order valence-electron chi connectivity index (χ0n) is 40.2. The summed E-state index contributed by atoms with van der Waals surface area (Å²) in [6.45, 7) is 25.9. The third-order valence-corrected chi connectivity index (χ3v) is 9.52. The Morgan fingerprint density at radius 1 is 0.344 bits per heavy atom. The van der Waals surface area contributed by atoms with E-state index < -0.39 is 40.7 Å². The molecule has 1 N–H and O–H groups in total. The van der Waals surface area contributed by atoms with Gasteiger partial charge in [-0.2, -0.15) is 0 Å². The predicted octanol–water partition coefficient (Wildman–Crippen LogP) is 7.27. The fourth-order valence-electron chi connectivity index (χ4n) is 8.20. The largest absolute Gasteiger partial charge is 0.394 e. The highest BCUT2D eigenvalue weighted by Crippen LogP contribution is 2.61. The number of aliphatic hydroxyl groups is 1. The molecule has 16 heteroatoms. The second-order valence-corrected chi connectivity index (χ2v) is 13.0. The highest BCUT2D eigenvalue weighted by molar-refractivity contribution is 5.28. The first-order valence-electron chi connectivity index (χ1n) is 22.7. The Morgan fingerprint density at radius 2 is 0.672 bits per heavy atom. The molecule has 360 valence electrons. The summed E-state index contributed by atoms with van der Waals surface area (Å²) in [6, 6.07) is 9.35. The minimum atomic E-state index is -2.46. The van der Waals surface area contributed by atoms with E-state index in [2.05, 4.69) is 0 Å². The lowest BCUT2D eigenvalue weighted by molar-refractivity contribution is -0.599. The van der Waals surface area contributed by atoms with Crippen LogP contribution in [0.5, 0.6) is 0 Å². The summed E-state index contributed by atoms with van der Waals surface area (Å²) in [7, 11) is 0. The smallest absolute Gasteiger partial charge is 0.292 e. The summed E-state index contributed by atoms with van der Waals surface area (Å²) in [4.78, 5) is 0. The van der Waals surface area contributed by atoms with Crippen LogP contribution in [0.2, 0.25) is 0 Å². The third-order valence-electron chi connectivity index (χ3n) is 9.52. The van der Waals surface area contributed by atoms with E-state index in [-0.39, 0.29) is 119 Å². The Bertz CT molecular complexity index is 1190. The second kappa shape index (κ2) is 29.2. The van der Waals surface area contributed by atoms with Gasteiger partial charge >= 0.3 is 0 Å². The van der Waals surface area contributed by atoms with Gasteiger partial charge in [0.05, 0.1) is 13.2 Å². The molecule has 0 fully saturated rings. The van der Waals surface area contributed by atoms with Gasteiger partial charge in [0, 0.05) is 111 Å². The maximum Gasteiger partial charge on any atom is 0.292 e. The van der Waals surface area contributed by atoms with Crippen LogP contribution in [-0.4, -0.2) is 146 Å². The molecule has 0 amide bonds. The average molecular weight is 881 g/mol. The van der Waals surface area contributed by atoms with Crippen molar-refractivity contribution < 1.29 is 76.2 Å². The van der Waals surface area contributed by atoms with E-state index in [1.54, 1.807) is 13.8 Å². The third kappa shape index (κ3) is 11.9. The van der Waals surface area contributed by atoms with Gasteiger partial charge in [-0.25, -0.2) is 0 Å². The van der Waals surface area contributed by atoms with E-state index in [0.29, 0.717) is 5.56 Å². The normalized spacial score (nSPS) is 13.7. The van der Waals surface area contributed by atoms with E-state index in [9.17, 15) is 5.11 Å². The van der Waals surface area contributed by atoms with Crippen LogP contribution in [0.25, 0.3) is 0 Å². The van der Waals surface area contributed by atoms with Gasteiger partial charge in [-0.3, -0.25) is 0 Å². The van der Waals surface area contributed by atoms with Gasteiger partial charge in [0.15, 0.2) is 0 Å². The molecular weight excluding hydrogens is 796 g/mol. The molecule has 0 bridgehead atoms. The predicted molar refractivity (Wildman–Crippen MR) is 230 cm³/mol. The van der Waals surface area contributed by atoms with Gasteiger partial charge in [0.1, 0.15) is 0 Å². The minimum Gasteiger partial charge on any atom is -0.394 e. The van der Waals surface area contributed by atoms with E-state index >= 15 is 0 Å². The van der Waals surface area contributed by atoms with Gasteiger partial charge in [-0.15, -0.1) is 0 Å². The van der Waals surface area contributed by atoms with Crippen LogP contribution in [-0.2, 0) is 76.8 Å². The molecule has 0 heterocycles. The summed E-state index contributed by atoms with van der Waals surface area (Å²) in [5, 5.41) is 9.90. The number of hydrogen-bond acceptors (Lipinski definition) is 16. The SMILES string of the molecule is CCOC(CCC(OCC)(OCC)C(OCC)(OCC)C(OCC)(OCC)C(OCC)(OCC)C(OCC)(OCC)C(OCC)(OCC)c1ccccc1)(OCC)OCCO. The molecular formula is C45H84O16. The number of hydrogen-bond donors (Lipinski definition) is 1. The first-order valence-corrected chi connectivity index (χ1v) is 22.7. The van der Waals surface area contributed by atoms with Gasteiger partial charge in [-0.05, 0) is 96.9 Å². The highest BCUT2D eigenvalue weighted by atomic mass is 16.9. The van der Waals surface area contributed by atoms with Crippen LogP contribution in [0.4, 0.5) is 0 Å². The average Bonchev–Trinajstić information content (AvgIpc) is 3.24. The summed E-state index contributed by atoms with van der Waals surface area (Å²) in [6.07, 6.45) is -0.136. The standard InChI is InChI=1S/C45H84O16/c1-15-47-39(48-16-2,34-35-40(49-17-3,50-18-4)61-37-36-46)42(53-21-7,54-22-8)44(57-25-11,58-26-12)45(59-27-13,60-28-14)43(55-23-9,56-24-10)41(51-19-5,52-20-6)38-32-30-29-31-33-38/h29-33,46H,15-28,34-37H2,1-14H3. The van der Waals surface area contributed by atoms with Crippen molar-refractivity contribution in [2.24, 2.45) is 0 Å². The van der Waals surface area contributed by atoms with Gasteiger partial charge in [0.2, 0.25) is 5.79 Å². The van der Waals surface area contributed by atoms with Crippen LogP contribution >= 0.6 is 0 Å². The number of rotatable bonds is 40. The highest BCUT2D eigenvalue weighted by Gasteiger charge is 2.88. The van der Waals surface area contributed by atoms with Crippen molar-refractivity contribution in [3.63, 3.8) is 0 Å². The molecule has 0 atom stereocenters. The van der Waals surface area contributed by atoms with Crippen molar-refractivity contribution in [1.29, 1.82) is 0 Å². The van der Waals surface area contributed by atoms with E-state index in [4.69, 9.17) is 71.1 Å². The van der Waals surface area contributed by atoms with Crippen molar-refractivity contribution in [3.8, 4) is 0 Å². The van der Waals surface area contributed by atoms with Gasteiger partial charge < -0.3 is 76.2 Å². The number of ether oxygens (including phenoxy) is 15. The molecule has 0 spiro atoms. The molecule has 16 nitrogen and oxygen atoms in total. The molecule has 0 aromatic heterocycles. The van der Waals surface area contributed by atoms with Crippen molar-refractivity contribution >= 4 is 0 Å². The molecule has 0 saturated heterocycles. The molecule has 0 aliphatic carbocycles. The lowest BCUT2D eigenvalue weighted by Gasteiger charge is -2.65. The first-order chi connectivity index (χ1) is 29.5. The molecule has 0 saturated carbocycles. The Morgan fingerprint density at radius 3 is 1.02 bits per heavy atom. The lowest BCUT2D eigenvalue weighted by atomic mass is 9.76. The Labute approximate surface area is 367 Å². The van der Waals surface area contributed by atoms with Crippen molar-refractivity contribution in [2.75, 3.05) is 106 Å². The van der Waals surface area contributed by atoms with E-state index in [1.807, 2.05) is 113 Å². The van der Waals surface area contributed by atoms with Crippen LogP contribution < -0.4 is 0 Å². The molecule has 61 heavy (non-hydrogen) atoms. The van der Waals surface area contributed by atoms with Crippen LogP contribution in [0, 0.1) is 0 Å². The van der Waals surface area contributed by atoms with Crippen LogP contribution in [0.1, 0.15) is 115 Å². The quantitative estimate of drug-likeness (QED) is 0.0656. The maximum atomic E-state index is 9.90. The van der Waals surface area contributed by atoms with Crippen LogP contribution in [0.3, 0.4) is 0 Å². The van der Waals surface area contributed by atoms with Gasteiger partial charge in [0.25, 0.3) is 34.9 Å². The minimum absolute atomic E-state index is 0.00177. The van der Waals surface area contributed by atoms with E-state index in [1.165, 1.54) is 0 Å². The lowest BCUT2D eigenvalue weighted by Crippen LogP contribution is -2.88. The first kappa shape index (κ1) is 57.6. The van der Waals surface area contributed by atoms with Gasteiger partial charge in [-0.1, -0.05) is 30.3 Å². The summed E-state index contributed by atoms with van der Waals surface area (Å²) >= 11 is 0. The second-order valence-electron chi connectivity index (χ2n) is 13.0. The summed E-state index contributed by atoms with van der Waals surface area (Å²) in [5.41, 5.74) is 0.518. The molecule has 0 radical (unpaired) electrons. The number of aliphatic hydroxyl groups excluding tert-OH is 1. The molecule has 1 aromatic rings. The monoisotopic (exact) mass is 881 g/mol. The van der Waals surface area contributed by atoms with Crippen molar-refractivity contribution in [3.05, 3.63) is 35.9 Å². The Hall–Kier alpha value is -1.42. The number of benzene rings is 1. The fourth-order valence-corrected chi connectivity index (χ4v) is 8.20. The molecule has 0 aliphatic heterocycles. The Balaban J connectivity index is 5.20. The topological polar surface area (TPSA) is 159 Å². The summed E-state index contributed by atoms with van der Waals surface area (Å²) < 4.78 is 104. The van der Waals surface area contributed by atoms with Crippen molar-refractivity contribution in [2.45, 2.75) is 150 Å². The molecule has 0 unspecified atom stereocenters.